The van der Waals surface area contributed by atoms with Gasteiger partial charge in [0.1, 0.15) is 5.82 Å². The zero-order valence-electron chi connectivity index (χ0n) is 20.2. The monoisotopic (exact) mass is 513 g/mol. The molecule has 0 radical (unpaired) electrons. The third-order valence-electron chi connectivity index (χ3n) is 5.95. The third kappa shape index (κ3) is 5.57. The predicted molar refractivity (Wildman–Crippen MR) is 143 cm³/mol. The minimum absolute atomic E-state index is 0.202. The molecule has 0 fully saturated rings. The number of benzene rings is 3. The largest absolute Gasteiger partial charge is 0.348 e. The van der Waals surface area contributed by atoms with E-state index in [-0.39, 0.29) is 11.7 Å². The number of halogens is 1. The van der Waals surface area contributed by atoms with Gasteiger partial charge >= 0.3 is 0 Å². The number of rotatable bonds is 7. The summed E-state index contributed by atoms with van der Waals surface area (Å²) in [6.07, 6.45) is 3.54. The van der Waals surface area contributed by atoms with Gasteiger partial charge in [0.15, 0.2) is 5.65 Å². The maximum absolute atomic E-state index is 13.0. The van der Waals surface area contributed by atoms with Crippen molar-refractivity contribution in [1.82, 2.24) is 19.9 Å². The van der Waals surface area contributed by atoms with Gasteiger partial charge in [0, 0.05) is 51.5 Å². The van der Waals surface area contributed by atoms with Crippen LogP contribution >= 0.6 is 0 Å². The number of pyridine rings is 1. The predicted octanol–water partition coefficient (Wildman–Crippen LogP) is 5.25. The Labute approximate surface area is 215 Å². The molecule has 0 spiro atoms. The summed E-state index contributed by atoms with van der Waals surface area (Å²) in [5.41, 5.74) is 5.70. The molecule has 0 saturated carbocycles. The molecule has 1 atom stereocenters. The second kappa shape index (κ2) is 10.3. The molecule has 1 unspecified atom stereocenters. The van der Waals surface area contributed by atoms with Crippen LogP contribution in [-0.4, -0.2) is 31.0 Å². The summed E-state index contributed by atoms with van der Waals surface area (Å²) in [6, 6.07) is 22.8. The minimum Gasteiger partial charge on any atom is -0.348 e. The molecule has 0 aliphatic rings. The minimum atomic E-state index is -1.04. The van der Waals surface area contributed by atoms with Crippen molar-refractivity contribution in [2.75, 3.05) is 11.6 Å². The standard InChI is InChI=1S/C28H24FN5O2S/c1-18-15-24(37(2)36)12-13-25(18)31-28-32-26-14-9-22(17-34(26)33-28)20-5-7-21(8-6-20)27(35)30-16-19-3-10-23(29)11-4-19/h3-15,17H,16H2,1-2H3,(H,30,35)(H,31,33). The molecule has 3 aromatic carbocycles. The number of aromatic nitrogens is 3. The molecule has 0 aliphatic heterocycles. The lowest BCUT2D eigenvalue weighted by Crippen LogP contribution is -2.22. The summed E-state index contributed by atoms with van der Waals surface area (Å²) in [5, 5.41) is 10.6. The van der Waals surface area contributed by atoms with E-state index in [1.54, 1.807) is 35.0 Å². The van der Waals surface area contributed by atoms with Crippen molar-refractivity contribution in [3.8, 4) is 11.1 Å². The molecule has 2 aromatic heterocycles. The number of amides is 1. The first-order valence-corrected chi connectivity index (χ1v) is 13.1. The SMILES string of the molecule is Cc1cc(S(C)=O)ccc1Nc1nc2ccc(-c3ccc(C(=O)NCc4ccc(F)cc4)cc3)cn2n1. The van der Waals surface area contributed by atoms with Crippen molar-refractivity contribution in [2.24, 2.45) is 0 Å². The third-order valence-corrected chi connectivity index (χ3v) is 6.87. The first-order valence-electron chi connectivity index (χ1n) is 11.6. The Morgan fingerprint density at radius 1 is 0.973 bits per heavy atom. The lowest BCUT2D eigenvalue weighted by Gasteiger charge is -2.07. The number of fused-ring (bicyclic) bond motifs is 1. The fraction of sp³-hybridized carbons (Fsp3) is 0.107. The van der Waals surface area contributed by atoms with Crippen molar-refractivity contribution >= 4 is 34.0 Å². The Morgan fingerprint density at radius 3 is 2.41 bits per heavy atom. The Balaban J connectivity index is 1.28. The lowest BCUT2D eigenvalue weighted by atomic mass is 10.1. The van der Waals surface area contributed by atoms with Crippen LogP contribution in [-0.2, 0) is 17.3 Å². The molecule has 7 nitrogen and oxygen atoms in total. The van der Waals surface area contributed by atoms with Crippen molar-refractivity contribution in [3.63, 3.8) is 0 Å². The van der Waals surface area contributed by atoms with Crippen LogP contribution in [0.1, 0.15) is 21.5 Å². The maximum Gasteiger partial charge on any atom is 0.251 e. The summed E-state index contributed by atoms with van der Waals surface area (Å²) in [5.74, 6) is -0.0515. The topological polar surface area (TPSA) is 88.4 Å². The molecule has 0 aliphatic carbocycles. The Kier molecular flexibility index (Phi) is 6.78. The van der Waals surface area contributed by atoms with Gasteiger partial charge in [-0.15, -0.1) is 5.10 Å². The number of hydrogen-bond acceptors (Lipinski definition) is 5. The zero-order chi connectivity index (χ0) is 25.9. The highest BCUT2D eigenvalue weighted by Crippen LogP contribution is 2.24. The zero-order valence-corrected chi connectivity index (χ0v) is 21.1. The van der Waals surface area contributed by atoms with Crippen molar-refractivity contribution < 1.29 is 13.4 Å². The second-order valence-electron chi connectivity index (χ2n) is 8.60. The van der Waals surface area contributed by atoms with Crippen LogP contribution < -0.4 is 10.6 Å². The van der Waals surface area contributed by atoms with Crippen molar-refractivity contribution in [1.29, 1.82) is 0 Å². The second-order valence-corrected chi connectivity index (χ2v) is 9.98. The highest BCUT2D eigenvalue weighted by molar-refractivity contribution is 7.84. The van der Waals surface area contributed by atoms with Gasteiger partial charge in [-0.2, -0.15) is 4.98 Å². The quantitative estimate of drug-likeness (QED) is 0.310. The average Bonchev–Trinajstić information content (AvgIpc) is 3.31. The van der Waals surface area contributed by atoms with Crippen LogP contribution in [0.25, 0.3) is 16.8 Å². The first kappa shape index (κ1) is 24.3. The number of carbonyl (C=O) groups is 1. The summed E-state index contributed by atoms with van der Waals surface area (Å²) < 4.78 is 26.5. The van der Waals surface area contributed by atoms with Crippen LogP contribution in [0.15, 0.2) is 90.0 Å². The number of hydrogen-bond donors (Lipinski definition) is 2. The molecule has 5 aromatic rings. The Morgan fingerprint density at radius 2 is 1.70 bits per heavy atom. The van der Waals surface area contributed by atoms with E-state index in [9.17, 15) is 13.4 Å². The fourth-order valence-electron chi connectivity index (χ4n) is 3.88. The highest BCUT2D eigenvalue weighted by atomic mass is 32.2. The molecule has 2 heterocycles. The van der Waals surface area contributed by atoms with E-state index >= 15 is 0 Å². The van der Waals surface area contributed by atoms with Gasteiger partial charge in [0.05, 0.1) is 0 Å². The van der Waals surface area contributed by atoms with E-state index in [4.69, 9.17) is 0 Å². The van der Waals surface area contributed by atoms with E-state index < -0.39 is 10.8 Å². The summed E-state index contributed by atoms with van der Waals surface area (Å²) >= 11 is 0. The molecule has 0 saturated heterocycles. The molecular weight excluding hydrogens is 489 g/mol. The number of carbonyl (C=O) groups excluding carboxylic acids is 1. The van der Waals surface area contributed by atoms with Crippen molar-refractivity contribution in [3.05, 3.63) is 108 Å². The maximum atomic E-state index is 13.0. The number of anilines is 2. The van der Waals surface area contributed by atoms with E-state index in [1.165, 1.54) is 12.1 Å². The van der Waals surface area contributed by atoms with Crippen LogP contribution in [0.3, 0.4) is 0 Å². The molecule has 1 amide bonds. The number of aryl methyl sites for hydroxylation is 1. The van der Waals surface area contributed by atoms with Gasteiger partial charge in [0.25, 0.3) is 5.91 Å². The van der Waals surface area contributed by atoms with Gasteiger partial charge in [-0.25, -0.2) is 8.91 Å². The molecule has 5 rings (SSSR count). The van der Waals surface area contributed by atoms with Crippen molar-refractivity contribution in [2.45, 2.75) is 18.4 Å². The van der Waals surface area contributed by atoms with Gasteiger partial charge < -0.3 is 10.6 Å². The molecule has 2 N–H and O–H groups in total. The van der Waals surface area contributed by atoms with Gasteiger partial charge in [-0.05, 0) is 78.2 Å². The van der Waals surface area contributed by atoms with Gasteiger partial charge in [-0.1, -0.05) is 24.3 Å². The van der Waals surface area contributed by atoms with E-state index in [1.807, 2.05) is 55.6 Å². The lowest BCUT2D eigenvalue weighted by molar-refractivity contribution is 0.0951. The first-order chi connectivity index (χ1) is 17.9. The van der Waals surface area contributed by atoms with E-state index in [2.05, 4.69) is 20.7 Å². The Bertz CT molecular complexity index is 1610. The average molecular weight is 514 g/mol. The number of nitrogens with one attached hydrogen (secondary N) is 2. The van der Waals surface area contributed by atoms with E-state index in [0.29, 0.717) is 23.7 Å². The van der Waals surface area contributed by atoms with Crippen LogP contribution in [0.5, 0.6) is 0 Å². The van der Waals surface area contributed by atoms with Crippen LogP contribution in [0, 0.1) is 12.7 Å². The summed E-state index contributed by atoms with van der Waals surface area (Å²) in [7, 11) is -1.04. The molecule has 186 valence electrons. The fourth-order valence-corrected chi connectivity index (χ4v) is 4.49. The van der Waals surface area contributed by atoms with E-state index in [0.717, 1.165) is 32.8 Å². The van der Waals surface area contributed by atoms with Crippen LogP contribution in [0.2, 0.25) is 0 Å². The summed E-state index contributed by atoms with van der Waals surface area (Å²) in [4.78, 5) is 17.8. The highest BCUT2D eigenvalue weighted by Gasteiger charge is 2.10. The van der Waals surface area contributed by atoms with Crippen LogP contribution in [0.4, 0.5) is 16.0 Å². The van der Waals surface area contributed by atoms with Gasteiger partial charge in [-0.3, -0.25) is 9.00 Å². The molecule has 37 heavy (non-hydrogen) atoms. The van der Waals surface area contributed by atoms with Gasteiger partial charge in [0.2, 0.25) is 5.95 Å². The number of nitrogens with zero attached hydrogens (tertiary/aromatic N) is 3. The smallest absolute Gasteiger partial charge is 0.251 e. The molecule has 0 bridgehead atoms. The normalized spacial score (nSPS) is 11.9. The molecule has 9 heteroatoms. The summed E-state index contributed by atoms with van der Waals surface area (Å²) in [6.45, 7) is 2.27. The molecular formula is C28H24FN5O2S. The Hall–Kier alpha value is -4.37.